The second kappa shape index (κ2) is 4.06. The molecule has 0 radical (unpaired) electrons. The number of aryl methyl sites for hydroxylation is 1. The van der Waals surface area contributed by atoms with Gasteiger partial charge in [-0.15, -0.1) is 11.3 Å². The van der Waals surface area contributed by atoms with Gasteiger partial charge in [0.2, 0.25) is 0 Å². The molecule has 0 unspecified atom stereocenters. The zero-order valence-electron chi connectivity index (χ0n) is 9.02. The van der Waals surface area contributed by atoms with Crippen molar-refractivity contribution in [2.24, 2.45) is 0 Å². The Balaban J connectivity index is 2.47. The van der Waals surface area contributed by atoms with E-state index >= 15 is 0 Å². The zero-order chi connectivity index (χ0) is 11.7. The number of carbonyl (C=O) groups is 1. The quantitative estimate of drug-likeness (QED) is 0.811. The first-order valence-corrected chi connectivity index (χ1v) is 5.67. The van der Waals surface area contributed by atoms with Crippen LogP contribution in [-0.4, -0.2) is 16.1 Å². The zero-order valence-corrected chi connectivity index (χ0v) is 9.84. The first-order chi connectivity index (χ1) is 7.56. The Hall–Kier alpha value is -1.68. The summed E-state index contributed by atoms with van der Waals surface area (Å²) in [6.45, 7) is 3.55. The van der Waals surface area contributed by atoms with Crippen molar-refractivity contribution < 1.29 is 9.90 Å². The number of carboxylic acids is 1. The van der Waals surface area contributed by atoms with Crippen LogP contribution in [0.3, 0.4) is 0 Å². The molecule has 2 aromatic rings. The molecule has 16 heavy (non-hydrogen) atoms. The number of rotatable bonds is 2. The largest absolute Gasteiger partial charge is 0.478 e. The Kier molecular flexibility index (Phi) is 2.75. The highest BCUT2D eigenvalue weighted by Crippen LogP contribution is 2.23. The van der Waals surface area contributed by atoms with Gasteiger partial charge in [-0.3, -0.25) is 0 Å². The summed E-state index contributed by atoms with van der Waals surface area (Å²) in [6, 6.07) is 5.76. The average molecular weight is 233 g/mol. The smallest absolute Gasteiger partial charge is 0.331 e. The third-order valence-electron chi connectivity index (χ3n) is 2.24. The Morgan fingerprint density at radius 2 is 2.25 bits per heavy atom. The summed E-state index contributed by atoms with van der Waals surface area (Å²) in [4.78, 5) is 15.0. The van der Waals surface area contributed by atoms with E-state index in [1.165, 1.54) is 0 Å². The molecule has 0 aliphatic rings. The fourth-order valence-electron chi connectivity index (χ4n) is 1.46. The number of hydrogen-bond donors (Lipinski definition) is 1. The van der Waals surface area contributed by atoms with Gasteiger partial charge in [0, 0.05) is 5.57 Å². The van der Waals surface area contributed by atoms with Crippen molar-refractivity contribution >= 4 is 33.6 Å². The molecule has 3 nitrogen and oxygen atoms in total. The SMILES string of the molecule is CC(=Cc1ccc2nc(C)sc2c1)C(=O)O. The van der Waals surface area contributed by atoms with Crippen LogP contribution in [0.5, 0.6) is 0 Å². The van der Waals surface area contributed by atoms with Crippen molar-refractivity contribution in [3.05, 3.63) is 34.3 Å². The van der Waals surface area contributed by atoms with Gasteiger partial charge < -0.3 is 5.11 Å². The fourth-order valence-corrected chi connectivity index (χ4v) is 2.33. The van der Waals surface area contributed by atoms with Gasteiger partial charge in [-0.05, 0) is 37.6 Å². The third kappa shape index (κ3) is 2.12. The molecule has 1 N–H and O–H groups in total. The molecule has 0 aliphatic carbocycles. The normalized spacial score (nSPS) is 12.0. The topological polar surface area (TPSA) is 50.2 Å². The van der Waals surface area contributed by atoms with Gasteiger partial charge in [0.15, 0.2) is 0 Å². The minimum atomic E-state index is -0.888. The lowest BCUT2D eigenvalue weighted by Gasteiger charge is -1.95. The molecule has 0 fully saturated rings. The summed E-state index contributed by atoms with van der Waals surface area (Å²) >= 11 is 1.61. The number of aliphatic carboxylic acids is 1. The van der Waals surface area contributed by atoms with Crippen molar-refractivity contribution in [1.29, 1.82) is 0 Å². The summed E-state index contributed by atoms with van der Waals surface area (Å²) in [6.07, 6.45) is 1.66. The molecule has 0 spiro atoms. The number of carboxylic acid groups (broad SMARTS) is 1. The second-order valence-corrected chi connectivity index (χ2v) is 4.83. The maximum absolute atomic E-state index is 10.7. The molecule has 0 amide bonds. The van der Waals surface area contributed by atoms with E-state index in [9.17, 15) is 4.79 Å². The van der Waals surface area contributed by atoms with Gasteiger partial charge in [-0.2, -0.15) is 0 Å². The van der Waals surface area contributed by atoms with E-state index in [0.717, 1.165) is 20.8 Å². The van der Waals surface area contributed by atoms with Crippen LogP contribution < -0.4 is 0 Å². The van der Waals surface area contributed by atoms with Crippen molar-refractivity contribution in [1.82, 2.24) is 4.98 Å². The first kappa shape index (κ1) is 10.8. The molecule has 1 aromatic carbocycles. The molecule has 0 bridgehead atoms. The Morgan fingerprint density at radius 1 is 1.50 bits per heavy atom. The fraction of sp³-hybridized carbons (Fsp3) is 0.167. The van der Waals surface area contributed by atoms with Crippen LogP contribution in [0.4, 0.5) is 0 Å². The third-order valence-corrected chi connectivity index (χ3v) is 3.17. The predicted molar refractivity (Wildman–Crippen MR) is 65.6 cm³/mol. The number of thiazole rings is 1. The summed E-state index contributed by atoms with van der Waals surface area (Å²) < 4.78 is 1.09. The molecule has 82 valence electrons. The predicted octanol–water partition coefficient (Wildman–Crippen LogP) is 3.09. The molecule has 2 rings (SSSR count). The van der Waals surface area contributed by atoms with Crippen LogP contribution >= 0.6 is 11.3 Å². The van der Waals surface area contributed by atoms with E-state index in [2.05, 4.69) is 4.98 Å². The highest BCUT2D eigenvalue weighted by molar-refractivity contribution is 7.18. The van der Waals surface area contributed by atoms with E-state index in [-0.39, 0.29) is 0 Å². The Morgan fingerprint density at radius 3 is 2.94 bits per heavy atom. The van der Waals surface area contributed by atoms with Gasteiger partial charge in [0.1, 0.15) is 0 Å². The van der Waals surface area contributed by atoms with Crippen molar-refractivity contribution in [3.8, 4) is 0 Å². The van der Waals surface area contributed by atoms with Crippen LogP contribution in [0, 0.1) is 6.92 Å². The molecular weight excluding hydrogens is 222 g/mol. The van der Waals surface area contributed by atoms with E-state index in [0.29, 0.717) is 5.57 Å². The maximum atomic E-state index is 10.7. The summed E-state index contributed by atoms with van der Waals surface area (Å²) in [5, 5.41) is 9.80. The number of benzene rings is 1. The van der Waals surface area contributed by atoms with Crippen LogP contribution in [0.15, 0.2) is 23.8 Å². The molecule has 0 saturated carbocycles. The van der Waals surface area contributed by atoms with E-state index in [4.69, 9.17) is 5.11 Å². The Labute approximate surface area is 97.1 Å². The lowest BCUT2D eigenvalue weighted by Crippen LogP contribution is -1.95. The maximum Gasteiger partial charge on any atom is 0.331 e. The van der Waals surface area contributed by atoms with E-state index < -0.39 is 5.97 Å². The van der Waals surface area contributed by atoms with Gasteiger partial charge in [-0.1, -0.05) is 6.07 Å². The van der Waals surface area contributed by atoms with Gasteiger partial charge in [-0.25, -0.2) is 9.78 Å². The van der Waals surface area contributed by atoms with E-state index in [1.807, 2.05) is 25.1 Å². The lowest BCUT2D eigenvalue weighted by molar-refractivity contribution is -0.132. The molecule has 0 aliphatic heterocycles. The van der Waals surface area contributed by atoms with Crippen molar-refractivity contribution in [3.63, 3.8) is 0 Å². The monoisotopic (exact) mass is 233 g/mol. The molecule has 0 atom stereocenters. The van der Waals surface area contributed by atoms with Crippen molar-refractivity contribution in [2.75, 3.05) is 0 Å². The minimum absolute atomic E-state index is 0.334. The van der Waals surface area contributed by atoms with Crippen molar-refractivity contribution in [2.45, 2.75) is 13.8 Å². The van der Waals surface area contributed by atoms with Crippen LogP contribution in [0.2, 0.25) is 0 Å². The molecule has 1 aromatic heterocycles. The first-order valence-electron chi connectivity index (χ1n) is 4.85. The molecule has 4 heteroatoms. The highest BCUT2D eigenvalue weighted by atomic mass is 32.1. The molecule has 1 heterocycles. The minimum Gasteiger partial charge on any atom is -0.478 e. The van der Waals surface area contributed by atoms with Crippen LogP contribution in [0.25, 0.3) is 16.3 Å². The number of nitrogens with zero attached hydrogens (tertiary/aromatic N) is 1. The summed E-state index contributed by atoms with van der Waals surface area (Å²) in [5.41, 5.74) is 2.20. The second-order valence-electron chi connectivity index (χ2n) is 3.59. The highest BCUT2D eigenvalue weighted by Gasteiger charge is 2.03. The summed E-state index contributed by atoms with van der Waals surface area (Å²) in [7, 11) is 0. The molecular formula is C12H11NO2S. The number of fused-ring (bicyclic) bond motifs is 1. The lowest BCUT2D eigenvalue weighted by atomic mass is 10.1. The average Bonchev–Trinajstić information content (AvgIpc) is 2.57. The summed E-state index contributed by atoms with van der Waals surface area (Å²) in [5.74, 6) is -0.888. The van der Waals surface area contributed by atoms with Gasteiger partial charge in [0.25, 0.3) is 0 Å². The number of hydrogen-bond acceptors (Lipinski definition) is 3. The standard InChI is InChI=1S/C12H11NO2S/c1-7(12(14)15)5-9-3-4-10-11(6-9)16-8(2)13-10/h3-6H,1-2H3,(H,14,15). The van der Waals surface area contributed by atoms with Crippen LogP contribution in [0.1, 0.15) is 17.5 Å². The van der Waals surface area contributed by atoms with E-state index in [1.54, 1.807) is 24.3 Å². The number of aromatic nitrogens is 1. The van der Waals surface area contributed by atoms with Gasteiger partial charge in [0.05, 0.1) is 15.2 Å². The Bertz CT molecular complexity index is 584. The van der Waals surface area contributed by atoms with Crippen LogP contribution in [-0.2, 0) is 4.79 Å². The van der Waals surface area contributed by atoms with Gasteiger partial charge >= 0.3 is 5.97 Å². The molecule has 0 saturated heterocycles.